The zero-order chi connectivity index (χ0) is 21.1. The minimum atomic E-state index is -0.950. The molecule has 156 valence electrons. The fourth-order valence-electron chi connectivity index (χ4n) is 3.24. The topological polar surface area (TPSA) is 95.9 Å². The molecule has 2 amide bonds. The Hall–Kier alpha value is -2.41. The van der Waals surface area contributed by atoms with Gasteiger partial charge in [-0.3, -0.25) is 14.8 Å². The molecule has 0 spiro atoms. The van der Waals surface area contributed by atoms with E-state index in [1.807, 2.05) is 26.8 Å². The van der Waals surface area contributed by atoms with Gasteiger partial charge in [0.1, 0.15) is 0 Å². The molecule has 0 heterocycles. The Kier molecular flexibility index (Phi) is 10.2. The number of rotatable bonds is 12. The number of esters is 1. The highest BCUT2D eigenvalue weighted by Gasteiger charge is 2.35. The standard InChI is InChI=1S/C21H32N2O5/c1-5-10-18(23(27)14-24)17(13-15(3)4)20(25)22-19(21(26)28-6-2)16-11-8-7-9-12-16/h7-9,11-12,14-15,17-19,27H,5-6,10,13H2,1-4H3,(H,22,25)/t17-,18+,19+/m1/s1. The number of hydrogen-bond donors (Lipinski definition) is 2. The monoisotopic (exact) mass is 392 g/mol. The van der Waals surface area contributed by atoms with E-state index in [4.69, 9.17) is 4.74 Å². The molecule has 0 fully saturated rings. The number of carbonyl (C=O) groups excluding carboxylic acids is 3. The van der Waals surface area contributed by atoms with Gasteiger partial charge in [0, 0.05) is 0 Å². The Morgan fingerprint density at radius 1 is 1.21 bits per heavy atom. The molecular weight excluding hydrogens is 360 g/mol. The van der Waals surface area contributed by atoms with Crippen LogP contribution in [0.15, 0.2) is 30.3 Å². The van der Waals surface area contributed by atoms with Gasteiger partial charge in [-0.25, -0.2) is 9.86 Å². The first kappa shape index (κ1) is 23.6. The van der Waals surface area contributed by atoms with Crippen LogP contribution in [0, 0.1) is 11.8 Å². The van der Waals surface area contributed by atoms with Gasteiger partial charge in [0.15, 0.2) is 6.04 Å². The predicted molar refractivity (Wildman–Crippen MR) is 105 cm³/mol. The van der Waals surface area contributed by atoms with Crippen LogP contribution >= 0.6 is 0 Å². The van der Waals surface area contributed by atoms with E-state index in [0.717, 1.165) is 0 Å². The zero-order valence-electron chi connectivity index (χ0n) is 17.1. The fourth-order valence-corrected chi connectivity index (χ4v) is 3.24. The maximum Gasteiger partial charge on any atom is 0.333 e. The van der Waals surface area contributed by atoms with Crippen LogP contribution in [0.5, 0.6) is 0 Å². The third-order valence-corrected chi connectivity index (χ3v) is 4.50. The molecular formula is C21H32N2O5. The van der Waals surface area contributed by atoms with Gasteiger partial charge in [-0.05, 0) is 31.2 Å². The van der Waals surface area contributed by atoms with Crippen molar-refractivity contribution in [3.63, 3.8) is 0 Å². The summed E-state index contributed by atoms with van der Waals surface area (Å²) in [5.41, 5.74) is 0.612. The van der Waals surface area contributed by atoms with E-state index in [9.17, 15) is 19.6 Å². The average Bonchev–Trinajstić information content (AvgIpc) is 2.68. The lowest BCUT2D eigenvalue weighted by Gasteiger charge is -2.32. The van der Waals surface area contributed by atoms with E-state index in [0.29, 0.717) is 36.3 Å². The van der Waals surface area contributed by atoms with Gasteiger partial charge in [-0.15, -0.1) is 0 Å². The maximum atomic E-state index is 13.1. The van der Waals surface area contributed by atoms with Gasteiger partial charge >= 0.3 is 5.97 Å². The lowest BCUT2D eigenvalue weighted by Crippen LogP contribution is -2.48. The van der Waals surface area contributed by atoms with E-state index >= 15 is 0 Å². The van der Waals surface area contributed by atoms with Gasteiger partial charge in [-0.2, -0.15) is 0 Å². The van der Waals surface area contributed by atoms with Crippen LogP contribution in [0.2, 0.25) is 0 Å². The number of carbonyl (C=O) groups is 3. The number of amides is 2. The van der Waals surface area contributed by atoms with E-state index in [1.54, 1.807) is 31.2 Å². The first-order valence-electron chi connectivity index (χ1n) is 9.80. The number of hydroxylamine groups is 2. The summed E-state index contributed by atoms with van der Waals surface area (Å²) < 4.78 is 5.13. The van der Waals surface area contributed by atoms with Crippen molar-refractivity contribution in [2.45, 2.75) is 59.0 Å². The van der Waals surface area contributed by atoms with Crippen molar-refractivity contribution in [3.05, 3.63) is 35.9 Å². The Balaban J connectivity index is 3.16. The summed E-state index contributed by atoms with van der Waals surface area (Å²) in [4.78, 5) is 36.7. The molecule has 1 aromatic carbocycles. The maximum absolute atomic E-state index is 13.1. The van der Waals surface area contributed by atoms with Crippen LogP contribution in [0.25, 0.3) is 0 Å². The van der Waals surface area contributed by atoms with Crippen molar-refractivity contribution >= 4 is 18.3 Å². The fraction of sp³-hybridized carbons (Fsp3) is 0.571. The summed E-state index contributed by atoms with van der Waals surface area (Å²) >= 11 is 0. The molecule has 7 nitrogen and oxygen atoms in total. The molecule has 0 aliphatic carbocycles. The number of ether oxygens (including phenoxy) is 1. The van der Waals surface area contributed by atoms with E-state index in [1.165, 1.54) is 0 Å². The van der Waals surface area contributed by atoms with Crippen molar-refractivity contribution in [3.8, 4) is 0 Å². The Bertz CT molecular complexity index is 620. The molecule has 0 radical (unpaired) electrons. The largest absolute Gasteiger partial charge is 0.464 e. The quantitative estimate of drug-likeness (QED) is 0.247. The third-order valence-electron chi connectivity index (χ3n) is 4.50. The highest BCUT2D eigenvalue weighted by molar-refractivity contribution is 5.87. The molecule has 2 N–H and O–H groups in total. The number of hydrogen-bond acceptors (Lipinski definition) is 5. The highest BCUT2D eigenvalue weighted by atomic mass is 16.5. The molecule has 1 rings (SSSR count). The second-order valence-corrected chi connectivity index (χ2v) is 7.18. The first-order chi connectivity index (χ1) is 13.3. The molecule has 0 aliphatic heterocycles. The molecule has 7 heteroatoms. The van der Waals surface area contributed by atoms with Crippen LogP contribution in [0.1, 0.15) is 58.6 Å². The number of benzene rings is 1. The molecule has 0 bridgehead atoms. The summed E-state index contributed by atoms with van der Waals surface area (Å²) in [5.74, 6) is -1.44. The molecule has 0 aromatic heterocycles. The van der Waals surface area contributed by atoms with Crippen LogP contribution in [-0.4, -0.2) is 41.2 Å². The summed E-state index contributed by atoms with van der Waals surface area (Å²) in [5, 5.41) is 13.4. The van der Waals surface area contributed by atoms with E-state index in [-0.39, 0.29) is 12.5 Å². The van der Waals surface area contributed by atoms with E-state index < -0.39 is 29.9 Å². The lowest BCUT2D eigenvalue weighted by molar-refractivity contribution is -0.170. The highest BCUT2D eigenvalue weighted by Crippen LogP contribution is 2.24. The van der Waals surface area contributed by atoms with Gasteiger partial charge in [-0.1, -0.05) is 57.5 Å². The van der Waals surface area contributed by atoms with Crippen molar-refractivity contribution in [1.29, 1.82) is 0 Å². The number of nitrogens with zero attached hydrogens (tertiary/aromatic N) is 1. The van der Waals surface area contributed by atoms with Crippen molar-refractivity contribution in [1.82, 2.24) is 10.4 Å². The van der Waals surface area contributed by atoms with Crippen molar-refractivity contribution < 1.29 is 24.3 Å². The Labute approximate surface area is 167 Å². The van der Waals surface area contributed by atoms with Gasteiger partial charge < -0.3 is 10.1 Å². The summed E-state index contributed by atoms with van der Waals surface area (Å²) in [7, 11) is 0. The van der Waals surface area contributed by atoms with Crippen LogP contribution < -0.4 is 5.32 Å². The zero-order valence-corrected chi connectivity index (χ0v) is 17.1. The van der Waals surface area contributed by atoms with Crippen molar-refractivity contribution in [2.24, 2.45) is 11.8 Å². The smallest absolute Gasteiger partial charge is 0.333 e. The molecule has 3 atom stereocenters. The van der Waals surface area contributed by atoms with Crippen molar-refractivity contribution in [2.75, 3.05) is 6.61 Å². The van der Waals surface area contributed by atoms with Crippen LogP contribution in [0.4, 0.5) is 0 Å². The molecule has 0 saturated heterocycles. The van der Waals surface area contributed by atoms with Gasteiger partial charge in [0.2, 0.25) is 12.3 Å². The van der Waals surface area contributed by atoms with Crippen LogP contribution in [-0.2, 0) is 19.1 Å². The second-order valence-electron chi connectivity index (χ2n) is 7.18. The van der Waals surface area contributed by atoms with Gasteiger partial charge in [0.05, 0.1) is 18.6 Å². The molecule has 28 heavy (non-hydrogen) atoms. The minimum absolute atomic E-state index is 0.160. The summed E-state index contributed by atoms with van der Waals surface area (Å²) in [6.07, 6.45) is 1.94. The third kappa shape index (κ3) is 6.96. The average molecular weight is 392 g/mol. The summed E-state index contributed by atoms with van der Waals surface area (Å²) in [6.45, 7) is 7.75. The summed E-state index contributed by atoms with van der Waals surface area (Å²) in [6, 6.07) is 7.25. The Morgan fingerprint density at radius 2 is 1.86 bits per heavy atom. The first-order valence-corrected chi connectivity index (χ1v) is 9.80. The molecule has 0 aliphatic rings. The predicted octanol–water partition coefficient (Wildman–Crippen LogP) is 3.09. The van der Waals surface area contributed by atoms with E-state index in [2.05, 4.69) is 5.32 Å². The molecule has 0 unspecified atom stereocenters. The SMILES string of the molecule is CCC[C@@H]([C@@H](CC(C)C)C(=O)N[C@H](C(=O)OCC)c1ccccc1)N(O)C=O. The lowest BCUT2D eigenvalue weighted by atomic mass is 9.86. The van der Waals surface area contributed by atoms with Gasteiger partial charge in [0.25, 0.3) is 0 Å². The number of nitrogens with one attached hydrogen (secondary N) is 1. The van der Waals surface area contributed by atoms with Crippen LogP contribution in [0.3, 0.4) is 0 Å². The molecule has 0 saturated carbocycles. The second kappa shape index (κ2) is 12.1. The molecule has 1 aromatic rings. The normalized spacial score (nSPS) is 14.1. The minimum Gasteiger partial charge on any atom is -0.464 e. The Morgan fingerprint density at radius 3 is 2.36 bits per heavy atom.